The normalized spacial score (nSPS) is 23.6. The Morgan fingerprint density at radius 2 is 1.73 bits per heavy atom. The summed E-state index contributed by atoms with van der Waals surface area (Å²) in [4.78, 5) is 30.4. The molecule has 3 heterocycles. The number of rotatable bonds is 6. The number of halogens is 1. The Morgan fingerprint density at radius 3 is 2.50 bits per heavy atom. The summed E-state index contributed by atoms with van der Waals surface area (Å²) in [6.07, 6.45) is 7.36. The molecule has 7 rings (SSSR count). The van der Waals surface area contributed by atoms with Gasteiger partial charge in [0.25, 0.3) is 5.91 Å². The molecule has 7 nitrogen and oxygen atoms in total. The van der Waals surface area contributed by atoms with E-state index in [0.717, 1.165) is 35.0 Å². The van der Waals surface area contributed by atoms with E-state index in [9.17, 15) is 9.59 Å². The summed E-state index contributed by atoms with van der Waals surface area (Å²) in [6, 6.07) is 20.3. The second-order valence-corrected chi connectivity index (χ2v) is 12.7. The van der Waals surface area contributed by atoms with E-state index < -0.39 is 23.7 Å². The van der Waals surface area contributed by atoms with Gasteiger partial charge in [-0.1, -0.05) is 37.1 Å². The number of carbonyl (C=O) groups is 2. The van der Waals surface area contributed by atoms with Crippen molar-refractivity contribution in [3.8, 4) is 0 Å². The van der Waals surface area contributed by atoms with Crippen LogP contribution in [0.3, 0.4) is 0 Å². The van der Waals surface area contributed by atoms with Gasteiger partial charge < -0.3 is 24.8 Å². The third-order valence-corrected chi connectivity index (χ3v) is 9.90. The van der Waals surface area contributed by atoms with Crippen LogP contribution in [0.4, 0.5) is 15.8 Å². The van der Waals surface area contributed by atoms with Gasteiger partial charge in [0.1, 0.15) is 5.82 Å². The van der Waals surface area contributed by atoms with Crippen LogP contribution in [0.5, 0.6) is 0 Å². The molecule has 1 saturated carbocycles. The summed E-state index contributed by atoms with van der Waals surface area (Å²) in [7, 11) is 1.99. The number of piperidine rings is 1. The van der Waals surface area contributed by atoms with E-state index in [4.69, 9.17) is 4.74 Å². The summed E-state index contributed by atoms with van der Waals surface area (Å²) < 4.78 is 23.2. The molecule has 3 fully saturated rings. The molecule has 2 aliphatic heterocycles. The van der Waals surface area contributed by atoms with Gasteiger partial charge in [0.2, 0.25) is 5.91 Å². The van der Waals surface area contributed by atoms with Crippen molar-refractivity contribution in [1.29, 1.82) is 0 Å². The van der Waals surface area contributed by atoms with Crippen molar-refractivity contribution >= 4 is 34.1 Å². The highest BCUT2D eigenvalue weighted by atomic mass is 19.1. The Hall–Kier alpha value is -4.17. The van der Waals surface area contributed by atoms with Crippen LogP contribution >= 0.6 is 0 Å². The average molecular weight is 595 g/mol. The van der Waals surface area contributed by atoms with Gasteiger partial charge in [0.15, 0.2) is 0 Å². The van der Waals surface area contributed by atoms with Gasteiger partial charge in [0, 0.05) is 47.5 Å². The number of carbonyl (C=O) groups excluding carboxylic acids is 2. The first kappa shape index (κ1) is 28.6. The van der Waals surface area contributed by atoms with Crippen molar-refractivity contribution in [2.24, 2.45) is 18.9 Å². The van der Waals surface area contributed by atoms with Crippen LogP contribution in [0, 0.1) is 24.6 Å². The lowest BCUT2D eigenvalue weighted by molar-refractivity contribution is -0.124. The number of ether oxygens (including phenoxy) is 1. The number of benzene rings is 3. The van der Waals surface area contributed by atoms with Gasteiger partial charge in [-0.15, -0.1) is 0 Å². The zero-order chi connectivity index (χ0) is 30.4. The molecule has 1 aliphatic carbocycles. The van der Waals surface area contributed by atoms with Crippen LogP contribution in [0.25, 0.3) is 10.9 Å². The highest BCUT2D eigenvalue weighted by Gasteiger charge is 2.51. The molecule has 3 aliphatic rings. The molecule has 8 heteroatoms. The van der Waals surface area contributed by atoms with E-state index in [-0.39, 0.29) is 23.4 Å². The molecule has 1 aromatic heterocycles. The van der Waals surface area contributed by atoms with E-state index in [2.05, 4.69) is 10.6 Å². The maximum atomic E-state index is 15.3. The number of nitrogens with one attached hydrogen (secondary N) is 2. The quantitative estimate of drug-likeness (QED) is 0.256. The van der Waals surface area contributed by atoms with Gasteiger partial charge >= 0.3 is 0 Å². The molecule has 2 saturated heterocycles. The molecular weight excluding hydrogens is 555 g/mol. The molecule has 4 atom stereocenters. The van der Waals surface area contributed by atoms with Crippen LogP contribution in [-0.2, 0) is 16.6 Å². The molecule has 44 heavy (non-hydrogen) atoms. The molecular formula is C36H39FN4O3. The van der Waals surface area contributed by atoms with Crippen LogP contribution < -0.4 is 10.6 Å². The van der Waals surface area contributed by atoms with E-state index >= 15 is 4.39 Å². The Balaban J connectivity index is 1.27. The number of likely N-dealkylation sites (tertiary alicyclic amines) is 1. The minimum absolute atomic E-state index is 0.0297. The fraction of sp³-hybridized carbons (Fsp3) is 0.389. The van der Waals surface area contributed by atoms with Crippen molar-refractivity contribution in [2.75, 3.05) is 23.8 Å². The van der Waals surface area contributed by atoms with Crippen LogP contribution in [0.2, 0.25) is 0 Å². The first-order valence-electron chi connectivity index (χ1n) is 15.8. The number of amides is 2. The maximum Gasteiger partial charge on any atom is 0.257 e. The summed E-state index contributed by atoms with van der Waals surface area (Å²) in [6.45, 7) is 2.58. The Morgan fingerprint density at radius 1 is 0.955 bits per heavy atom. The molecule has 2 N–H and O–H groups in total. The van der Waals surface area contributed by atoms with Gasteiger partial charge in [-0.05, 0) is 79.8 Å². The molecule has 3 aromatic carbocycles. The predicted molar refractivity (Wildman–Crippen MR) is 170 cm³/mol. The topological polar surface area (TPSA) is 75.6 Å². The van der Waals surface area contributed by atoms with E-state index in [1.165, 1.54) is 18.9 Å². The zero-order valence-corrected chi connectivity index (χ0v) is 25.3. The summed E-state index contributed by atoms with van der Waals surface area (Å²) in [5, 5.41) is 7.83. The first-order chi connectivity index (χ1) is 21.4. The molecule has 4 unspecified atom stereocenters. The van der Waals surface area contributed by atoms with Gasteiger partial charge in [-0.2, -0.15) is 0 Å². The monoisotopic (exact) mass is 594 g/mol. The minimum atomic E-state index is -0.592. The third-order valence-electron chi connectivity index (χ3n) is 9.90. The minimum Gasteiger partial charge on any atom is -0.382 e. The first-order valence-corrected chi connectivity index (χ1v) is 15.8. The van der Waals surface area contributed by atoms with E-state index in [0.29, 0.717) is 36.9 Å². The van der Waals surface area contributed by atoms with Crippen molar-refractivity contribution in [3.05, 3.63) is 95.4 Å². The van der Waals surface area contributed by atoms with Crippen molar-refractivity contribution < 1.29 is 18.7 Å². The number of aromatic nitrogens is 1. The van der Waals surface area contributed by atoms with Gasteiger partial charge in [-0.25, -0.2) is 4.39 Å². The Kier molecular flexibility index (Phi) is 7.62. The van der Waals surface area contributed by atoms with E-state index in [1.807, 2.05) is 66.3 Å². The standard InChI is InChI=1S/C36H39FN4O3/c1-22-6-5-9-30(37)33(22)36(43)41-32-21-44-20-25(32)19-29(35(42)39-28-14-15-31-24(18-28)16-17-40(31)2)34(41)23-10-12-27(13-11-23)38-26-7-3-4-8-26/h5-6,9-18,25-26,29,32,34,38H,3-4,7-8,19-21H2,1-2H3,(H,39,42). The molecule has 0 radical (unpaired) electrons. The lowest BCUT2D eigenvalue weighted by atomic mass is 9.76. The van der Waals surface area contributed by atoms with E-state index in [1.54, 1.807) is 24.0 Å². The largest absolute Gasteiger partial charge is 0.382 e. The predicted octanol–water partition coefficient (Wildman–Crippen LogP) is 6.84. The SMILES string of the molecule is Cc1cccc(F)c1C(=O)N1C2COCC2CC(C(=O)Nc2ccc3c(ccn3C)c2)C1c1ccc(NC2CCCC2)cc1. The lowest BCUT2D eigenvalue weighted by Crippen LogP contribution is -2.55. The molecule has 0 spiro atoms. The highest BCUT2D eigenvalue weighted by Crippen LogP contribution is 2.46. The Bertz CT molecular complexity index is 1670. The number of hydrogen-bond acceptors (Lipinski definition) is 4. The number of fused-ring (bicyclic) bond motifs is 2. The third kappa shape index (κ3) is 5.25. The Labute approximate surface area is 257 Å². The van der Waals surface area contributed by atoms with Crippen LogP contribution in [0.15, 0.2) is 72.9 Å². The lowest BCUT2D eigenvalue weighted by Gasteiger charge is -2.47. The van der Waals surface area contributed by atoms with Gasteiger partial charge in [-0.3, -0.25) is 9.59 Å². The second-order valence-electron chi connectivity index (χ2n) is 12.7. The fourth-order valence-electron chi connectivity index (χ4n) is 7.60. The fourth-order valence-corrected chi connectivity index (χ4v) is 7.60. The summed E-state index contributed by atoms with van der Waals surface area (Å²) in [5.41, 5.74) is 4.29. The molecule has 2 amide bonds. The smallest absolute Gasteiger partial charge is 0.257 e. The molecule has 228 valence electrons. The maximum absolute atomic E-state index is 15.3. The van der Waals surface area contributed by atoms with Crippen LogP contribution in [0.1, 0.15) is 59.6 Å². The van der Waals surface area contributed by atoms with Crippen molar-refractivity contribution in [3.63, 3.8) is 0 Å². The summed E-state index contributed by atoms with van der Waals surface area (Å²) >= 11 is 0. The van der Waals surface area contributed by atoms with Gasteiger partial charge in [0.05, 0.1) is 36.8 Å². The number of nitrogens with zero attached hydrogens (tertiary/aromatic N) is 2. The summed E-state index contributed by atoms with van der Waals surface area (Å²) in [5.74, 6) is -1.70. The second kappa shape index (κ2) is 11.7. The highest BCUT2D eigenvalue weighted by molar-refractivity contribution is 5.99. The van der Waals surface area contributed by atoms with Crippen molar-refractivity contribution in [1.82, 2.24) is 9.47 Å². The number of anilines is 2. The zero-order valence-electron chi connectivity index (χ0n) is 25.3. The number of hydrogen-bond donors (Lipinski definition) is 2. The van der Waals surface area contributed by atoms with Crippen LogP contribution in [-0.4, -0.2) is 46.6 Å². The van der Waals surface area contributed by atoms with Crippen molar-refractivity contribution in [2.45, 2.75) is 57.2 Å². The molecule has 4 aromatic rings. The number of aryl methyl sites for hydroxylation is 2. The average Bonchev–Trinajstić information content (AvgIpc) is 3.78. The molecule has 0 bridgehead atoms.